The van der Waals surface area contributed by atoms with Crippen molar-refractivity contribution in [1.29, 1.82) is 5.53 Å². The Morgan fingerprint density at radius 3 is 2.19 bits per heavy atom. The lowest BCUT2D eigenvalue weighted by atomic mass is 9.93. The number of hydrogen-bond donors (Lipinski definition) is 2. The molecule has 0 saturated carbocycles. The predicted molar refractivity (Wildman–Crippen MR) is 163 cm³/mol. The summed E-state index contributed by atoms with van der Waals surface area (Å²) < 4.78 is 82.7. The Morgan fingerprint density at radius 1 is 0.979 bits per heavy atom. The monoisotopic (exact) mass is 665 g/mol. The summed E-state index contributed by atoms with van der Waals surface area (Å²) in [7, 11) is 1.55. The lowest BCUT2D eigenvalue weighted by molar-refractivity contribution is -0.143. The average molecular weight is 666 g/mol. The molecule has 3 N–H and O–H groups in total. The van der Waals surface area contributed by atoms with Gasteiger partial charge in [0.1, 0.15) is 0 Å². The topological polar surface area (TPSA) is 128 Å². The van der Waals surface area contributed by atoms with Gasteiger partial charge in [-0.25, -0.2) is 5.53 Å². The summed E-state index contributed by atoms with van der Waals surface area (Å²) in [5.74, 6) is 6.01. The van der Waals surface area contributed by atoms with E-state index in [0.717, 1.165) is 53.9 Å². The van der Waals surface area contributed by atoms with Crippen molar-refractivity contribution in [1.82, 2.24) is 25.1 Å². The van der Waals surface area contributed by atoms with E-state index in [2.05, 4.69) is 36.6 Å². The second kappa shape index (κ2) is 13.4. The Morgan fingerprint density at radius 2 is 1.64 bits per heavy atom. The number of guanidine groups is 1. The Balaban J connectivity index is 1.52. The average Bonchev–Trinajstić information content (AvgIpc) is 3.35. The smallest absolute Gasteiger partial charge is 0.371 e. The van der Waals surface area contributed by atoms with Crippen LogP contribution in [0.15, 0.2) is 40.5 Å². The van der Waals surface area contributed by atoms with Crippen molar-refractivity contribution in [3.8, 4) is 0 Å². The fraction of sp³-hybridized carbons (Fsp3) is 0.533. The first-order chi connectivity index (χ1) is 22.2. The Kier molecular flexibility index (Phi) is 9.63. The van der Waals surface area contributed by atoms with Crippen LogP contribution in [0.4, 0.5) is 38.0 Å². The molecule has 17 heteroatoms. The van der Waals surface area contributed by atoms with Gasteiger partial charge in [0, 0.05) is 38.4 Å². The second-order valence-electron chi connectivity index (χ2n) is 12.2. The number of fused-ring (bicyclic) bond motifs is 1. The molecule has 3 aromatic rings. The lowest BCUT2D eigenvalue weighted by Gasteiger charge is -2.37. The highest BCUT2D eigenvalue weighted by Crippen LogP contribution is 2.43. The zero-order valence-electron chi connectivity index (χ0n) is 26.3. The number of tetrazole rings is 1. The minimum atomic E-state index is -4.97. The largest absolute Gasteiger partial charge is 0.416 e. The van der Waals surface area contributed by atoms with Crippen molar-refractivity contribution in [2.24, 2.45) is 29.0 Å². The van der Waals surface area contributed by atoms with Crippen LogP contribution in [0.25, 0.3) is 0 Å². The van der Waals surface area contributed by atoms with Gasteiger partial charge in [-0.05, 0) is 85.6 Å². The first-order valence-electron chi connectivity index (χ1n) is 15.2. The van der Waals surface area contributed by atoms with Gasteiger partial charge in [0.2, 0.25) is 0 Å². The van der Waals surface area contributed by atoms with Crippen LogP contribution < -0.4 is 15.6 Å². The molecular weight excluding hydrogens is 628 g/mol. The van der Waals surface area contributed by atoms with Crippen molar-refractivity contribution in [2.45, 2.75) is 64.5 Å². The molecule has 2 aliphatic heterocycles. The summed E-state index contributed by atoms with van der Waals surface area (Å²) >= 11 is 0. The van der Waals surface area contributed by atoms with Gasteiger partial charge in [-0.15, -0.1) is 15.3 Å². The molecule has 1 fully saturated rings. The van der Waals surface area contributed by atoms with Gasteiger partial charge in [-0.1, -0.05) is 22.8 Å². The van der Waals surface area contributed by atoms with Crippen LogP contribution in [0.2, 0.25) is 0 Å². The normalized spacial score (nSPS) is 18.2. The van der Waals surface area contributed by atoms with E-state index in [-0.39, 0.29) is 30.1 Å². The van der Waals surface area contributed by atoms with Gasteiger partial charge in [-0.2, -0.15) is 31.1 Å². The highest BCUT2D eigenvalue weighted by atomic mass is 19.4. The predicted octanol–water partition coefficient (Wildman–Crippen LogP) is 6.19. The molecule has 2 aliphatic rings. The molecular formula is C30H37F6N11. The zero-order valence-corrected chi connectivity index (χ0v) is 26.3. The molecule has 2 aromatic carbocycles. The second-order valence-corrected chi connectivity index (χ2v) is 12.2. The Hall–Kier alpha value is -4.44. The Labute approximate surface area is 267 Å². The van der Waals surface area contributed by atoms with Crippen LogP contribution >= 0.6 is 0 Å². The fourth-order valence-electron chi connectivity index (χ4n) is 6.75. The SMILES string of the molecule is Cc1cc(C)c2c(c1)C(N(Cc1cc(C(F)(F)F)cc(C(F)(F)F)c1)c1nnn(C)n1)CCCN2CC1CCN(/C(N=N)=N\N)CC1. The number of rotatable bonds is 6. The summed E-state index contributed by atoms with van der Waals surface area (Å²) in [6.45, 7) is 6.42. The number of nitrogens with two attached hydrogens (primary N) is 1. The highest BCUT2D eigenvalue weighted by Gasteiger charge is 2.38. The van der Waals surface area contributed by atoms with E-state index in [1.807, 2.05) is 24.8 Å². The third kappa shape index (κ3) is 7.59. The number of halogens is 6. The molecule has 0 amide bonds. The minimum Gasteiger partial charge on any atom is -0.371 e. The molecule has 1 saturated heterocycles. The number of nitrogens with zero attached hydrogens (tertiary/aromatic N) is 9. The summed E-state index contributed by atoms with van der Waals surface area (Å²) in [4.78, 5) is 7.10. The van der Waals surface area contributed by atoms with Crippen LogP contribution in [-0.4, -0.2) is 57.2 Å². The fourth-order valence-corrected chi connectivity index (χ4v) is 6.75. The number of benzene rings is 2. The van der Waals surface area contributed by atoms with Crippen molar-refractivity contribution in [3.05, 3.63) is 63.7 Å². The molecule has 5 rings (SSSR count). The van der Waals surface area contributed by atoms with E-state index in [1.54, 1.807) is 11.9 Å². The van der Waals surface area contributed by atoms with Gasteiger partial charge >= 0.3 is 12.4 Å². The van der Waals surface area contributed by atoms with E-state index < -0.39 is 29.5 Å². The standard InChI is InChI=1S/C30H37F6N11/c1-18-11-19(2)26-24(12-18)25(5-4-8-46(26)16-20-6-9-45(10-7-20)27(39-37)40-38)47(28-41-43-44(3)42-28)17-21-13-22(29(31,32)33)15-23(14-21)30(34,35)36/h11-15,20,25,37H,4-10,16-17,38H2,1-3H3/b39-37?,40-27-. The van der Waals surface area contributed by atoms with Crippen molar-refractivity contribution >= 4 is 17.6 Å². The van der Waals surface area contributed by atoms with E-state index in [1.165, 1.54) is 4.80 Å². The highest BCUT2D eigenvalue weighted by molar-refractivity contribution is 5.79. The minimum absolute atomic E-state index is 0.103. The maximum atomic E-state index is 13.8. The third-order valence-corrected chi connectivity index (χ3v) is 8.78. The van der Waals surface area contributed by atoms with Crippen LogP contribution in [0.5, 0.6) is 0 Å². The molecule has 1 atom stereocenters. The maximum absolute atomic E-state index is 13.8. The number of hydrogen-bond acceptors (Lipinski definition) is 8. The molecule has 0 aliphatic carbocycles. The molecule has 0 radical (unpaired) electrons. The maximum Gasteiger partial charge on any atom is 0.416 e. The third-order valence-electron chi connectivity index (χ3n) is 8.78. The van der Waals surface area contributed by atoms with Gasteiger partial charge in [0.25, 0.3) is 11.9 Å². The number of anilines is 2. The molecule has 47 heavy (non-hydrogen) atoms. The molecule has 11 nitrogen and oxygen atoms in total. The van der Waals surface area contributed by atoms with Crippen LogP contribution in [0.1, 0.15) is 65.1 Å². The van der Waals surface area contributed by atoms with Gasteiger partial charge < -0.3 is 20.5 Å². The number of likely N-dealkylation sites (tertiary alicyclic amines) is 1. The molecule has 1 unspecified atom stereocenters. The van der Waals surface area contributed by atoms with E-state index in [0.29, 0.717) is 38.4 Å². The van der Waals surface area contributed by atoms with Crippen molar-refractivity contribution < 1.29 is 26.3 Å². The lowest BCUT2D eigenvalue weighted by Crippen LogP contribution is -2.41. The molecule has 0 spiro atoms. The summed E-state index contributed by atoms with van der Waals surface area (Å²) in [5.41, 5.74) is 8.26. The molecule has 1 aromatic heterocycles. The van der Waals surface area contributed by atoms with E-state index >= 15 is 0 Å². The summed E-state index contributed by atoms with van der Waals surface area (Å²) in [5, 5.41) is 19.4. The number of aryl methyl sites for hydroxylation is 3. The number of piperidine rings is 1. The van der Waals surface area contributed by atoms with Gasteiger partial charge in [0.15, 0.2) is 0 Å². The first-order valence-corrected chi connectivity index (χ1v) is 15.2. The quantitative estimate of drug-likeness (QED) is 0.0803. The first kappa shape index (κ1) is 33.9. The molecule has 0 bridgehead atoms. The van der Waals surface area contributed by atoms with Crippen molar-refractivity contribution in [3.63, 3.8) is 0 Å². The van der Waals surface area contributed by atoms with Gasteiger partial charge in [0.05, 0.1) is 24.2 Å². The van der Waals surface area contributed by atoms with Crippen LogP contribution in [0, 0.1) is 25.3 Å². The van der Waals surface area contributed by atoms with E-state index in [9.17, 15) is 26.3 Å². The van der Waals surface area contributed by atoms with Crippen molar-refractivity contribution in [2.75, 3.05) is 36.0 Å². The summed E-state index contributed by atoms with van der Waals surface area (Å²) in [6, 6.07) is 5.28. The number of alkyl halides is 6. The van der Waals surface area contributed by atoms with Crippen LogP contribution in [0.3, 0.4) is 0 Å². The number of aromatic nitrogens is 4. The number of nitrogens with one attached hydrogen (secondary N) is 1. The van der Waals surface area contributed by atoms with Crippen LogP contribution in [-0.2, 0) is 25.9 Å². The zero-order chi connectivity index (χ0) is 34.1. The number of hydrazone groups is 1. The molecule has 3 heterocycles. The van der Waals surface area contributed by atoms with Gasteiger partial charge in [-0.3, -0.25) is 0 Å². The molecule has 254 valence electrons. The van der Waals surface area contributed by atoms with E-state index in [4.69, 9.17) is 11.4 Å². The summed E-state index contributed by atoms with van der Waals surface area (Å²) in [6.07, 6.45) is -7.02. The Bertz CT molecular complexity index is 1580.